The Kier molecular flexibility index (Phi) is 6.77. The van der Waals surface area contributed by atoms with Crippen molar-refractivity contribution < 1.29 is 14.0 Å². The summed E-state index contributed by atoms with van der Waals surface area (Å²) in [5.74, 6) is -0.537. The highest BCUT2D eigenvalue weighted by molar-refractivity contribution is 6.00. The molecule has 0 fully saturated rings. The minimum Gasteiger partial charge on any atom is -0.459 e. The van der Waals surface area contributed by atoms with Gasteiger partial charge in [-0.3, -0.25) is 9.59 Å². The highest BCUT2D eigenvalue weighted by Gasteiger charge is 2.25. The van der Waals surface area contributed by atoms with Gasteiger partial charge in [-0.1, -0.05) is 32.9 Å². The number of anilines is 1. The number of rotatable bonds is 8. The molecule has 0 spiro atoms. The molecule has 1 aromatic heterocycles. The van der Waals surface area contributed by atoms with Crippen molar-refractivity contribution in [2.45, 2.75) is 33.4 Å². The predicted molar refractivity (Wildman–Crippen MR) is 97.3 cm³/mol. The van der Waals surface area contributed by atoms with E-state index in [0.717, 1.165) is 18.7 Å². The largest absolute Gasteiger partial charge is 0.459 e. The smallest absolute Gasteiger partial charge is 0.287 e. The number of hydrogen-bond acceptors (Lipinski definition) is 4. The molecule has 3 N–H and O–H groups in total. The fourth-order valence-corrected chi connectivity index (χ4v) is 2.40. The molecule has 0 bridgehead atoms. The Labute approximate surface area is 148 Å². The van der Waals surface area contributed by atoms with E-state index in [0.29, 0.717) is 5.69 Å². The lowest BCUT2D eigenvalue weighted by molar-refractivity contribution is -0.118. The maximum atomic E-state index is 12.6. The second kappa shape index (κ2) is 9.03. The summed E-state index contributed by atoms with van der Waals surface area (Å²) in [7, 11) is 0. The first-order valence-electron chi connectivity index (χ1n) is 8.46. The first kappa shape index (κ1) is 18.7. The summed E-state index contributed by atoms with van der Waals surface area (Å²) in [4.78, 5) is 24.8. The van der Waals surface area contributed by atoms with Crippen LogP contribution in [0.1, 0.15) is 36.9 Å². The molecule has 0 radical (unpaired) electrons. The van der Waals surface area contributed by atoms with Crippen LogP contribution in [-0.2, 0) is 11.3 Å². The van der Waals surface area contributed by atoms with E-state index in [4.69, 9.17) is 4.42 Å². The van der Waals surface area contributed by atoms with Crippen molar-refractivity contribution in [1.82, 2.24) is 10.6 Å². The second-order valence-electron chi connectivity index (χ2n) is 6.14. The average Bonchev–Trinajstić information content (AvgIpc) is 3.12. The van der Waals surface area contributed by atoms with Crippen LogP contribution in [0.15, 0.2) is 47.1 Å². The monoisotopic (exact) mass is 343 g/mol. The van der Waals surface area contributed by atoms with E-state index in [9.17, 15) is 9.59 Å². The number of carbonyl (C=O) groups is 2. The molecule has 0 saturated heterocycles. The standard InChI is InChI=1S/C19H25N3O3/c1-4-20-12-14-7-5-8-15(11-14)21-19(24)17(13(2)3)22-18(23)16-9-6-10-25-16/h5-11,13,17,20H,4,12H2,1-3H3,(H,21,24)(H,22,23). The van der Waals surface area contributed by atoms with Gasteiger partial charge in [0, 0.05) is 12.2 Å². The van der Waals surface area contributed by atoms with Crippen molar-refractivity contribution >= 4 is 17.5 Å². The number of carbonyl (C=O) groups excluding carboxylic acids is 2. The summed E-state index contributed by atoms with van der Waals surface area (Å²) in [5.41, 5.74) is 1.79. The molecule has 134 valence electrons. The van der Waals surface area contributed by atoms with Crippen LogP contribution < -0.4 is 16.0 Å². The Morgan fingerprint density at radius 1 is 1.16 bits per heavy atom. The molecule has 1 atom stereocenters. The molecule has 2 rings (SSSR count). The van der Waals surface area contributed by atoms with Crippen LogP contribution in [0.5, 0.6) is 0 Å². The van der Waals surface area contributed by atoms with Crippen molar-refractivity contribution in [3.05, 3.63) is 54.0 Å². The van der Waals surface area contributed by atoms with E-state index in [2.05, 4.69) is 16.0 Å². The van der Waals surface area contributed by atoms with E-state index in [1.54, 1.807) is 12.1 Å². The van der Waals surface area contributed by atoms with Crippen LogP contribution in [0.3, 0.4) is 0 Å². The first-order chi connectivity index (χ1) is 12.0. The third-order valence-corrected chi connectivity index (χ3v) is 3.75. The number of amides is 2. The van der Waals surface area contributed by atoms with Gasteiger partial charge in [0.15, 0.2) is 5.76 Å². The SMILES string of the molecule is CCNCc1cccc(NC(=O)C(NC(=O)c2ccco2)C(C)C)c1. The van der Waals surface area contributed by atoms with Gasteiger partial charge >= 0.3 is 0 Å². The van der Waals surface area contributed by atoms with E-state index >= 15 is 0 Å². The third kappa shape index (κ3) is 5.46. The molecule has 25 heavy (non-hydrogen) atoms. The summed E-state index contributed by atoms with van der Waals surface area (Å²) >= 11 is 0. The molecule has 1 aromatic carbocycles. The molecule has 0 aliphatic heterocycles. The van der Waals surface area contributed by atoms with Gasteiger partial charge in [0.2, 0.25) is 5.91 Å². The number of benzene rings is 1. The highest BCUT2D eigenvalue weighted by Crippen LogP contribution is 2.13. The quantitative estimate of drug-likeness (QED) is 0.688. The maximum absolute atomic E-state index is 12.6. The molecule has 0 saturated carbocycles. The second-order valence-corrected chi connectivity index (χ2v) is 6.14. The molecule has 6 heteroatoms. The van der Waals surface area contributed by atoms with Gasteiger partial charge in [-0.15, -0.1) is 0 Å². The first-order valence-corrected chi connectivity index (χ1v) is 8.46. The molecular formula is C19H25N3O3. The Hall–Kier alpha value is -2.60. The average molecular weight is 343 g/mol. The van der Waals surface area contributed by atoms with Gasteiger partial charge in [-0.05, 0) is 42.3 Å². The van der Waals surface area contributed by atoms with Crippen molar-refractivity contribution in [3.63, 3.8) is 0 Å². The Morgan fingerprint density at radius 2 is 1.96 bits per heavy atom. The molecule has 1 heterocycles. The number of furan rings is 1. The zero-order valence-corrected chi connectivity index (χ0v) is 14.8. The lowest BCUT2D eigenvalue weighted by Gasteiger charge is -2.21. The summed E-state index contributed by atoms with van der Waals surface area (Å²) < 4.78 is 5.08. The van der Waals surface area contributed by atoms with Crippen molar-refractivity contribution in [2.24, 2.45) is 5.92 Å². The molecular weight excluding hydrogens is 318 g/mol. The van der Waals surface area contributed by atoms with Gasteiger partial charge in [-0.2, -0.15) is 0 Å². The lowest BCUT2D eigenvalue weighted by atomic mass is 10.0. The third-order valence-electron chi connectivity index (χ3n) is 3.75. The van der Waals surface area contributed by atoms with Crippen LogP contribution in [0.2, 0.25) is 0 Å². The minimum atomic E-state index is -0.657. The summed E-state index contributed by atoms with van der Waals surface area (Å²) in [6.45, 7) is 7.43. The van der Waals surface area contributed by atoms with Gasteiger partial charge < -0.3 is 20.4 Å². The zero-order chi connectivity index (χ0) is 18.2. The van der Waals surface area contributed by atoms with E-state index in [-0.39, 0.29) is 17.6 Å². The van der Waals surface area contributed by atoms with Crippen LogP contribution in [-0.4, -0.2) is 24.4 Å². The van der Waals surface area contributed by atoms with Crippen LogP contribution in [0, 0.1) is 5.92 Å². The molecule has 6 nitrogen and oxygen atoms in total. The summed E-state index contributed by atoms with van der Waals surface area (Å²) in [6, 6.07) is 10.2. The molecule has 2 aromatic rings. The van der Waals surface area contributed by atoms with Gasteiger partial charge in [0.1, 0.15) is 6.04 Å². The Balaban J connectivity index is 2.04. The minimum absolute atomic E-state index is 0.0659. The van der Waals surface area contributed by atoms with Crippen molar-refractivity contribution in [2.75, 3.05) is 11.9 Å². The van der Waals surface area contributed by atoms with Gasteiger partial charge in [-0.25, -0.2) is 0 Å². The molecule has 0 aliphatic rings. The van der Waals surface area contributed by atoms with Gasteiger partial charge in [0.25, 0.3) is 5.91 Å². The molecule has 1 unspecified atom stereocenters. The Bertz CT molecular complexity index is 696. The Morgan fingerprint density at radius 3 is 2.60 bits per heavy atom. The number of hydrogen-bond donors (Lipinski definition) is 3. The van der Waals surface area contributed by atoms with Crippen molar-refractivity contribution in [3.8, 4) is 0 Å². The summed E-state index contributed by atoms with van der Waals surface area (Å²) in [6.07, 6.45) is 1.43. The summed E-state index contributed by atoms with van der Waals surface area (Å²) in [5, 5.41) is 8.86. The van der Waals surface area contributed by atoms with Crippen LogP contribution in [0.4, 0.5) is 5.69 Å². The van der Waals surface area contributed by atoms with Gasteiger partial charge in [0.05, 0.1) is 6.26 Å². The van der Waals surface area contributed by atoms with E-state index < -0.39 is 11.9 Å². The maximum Gasteiger partial charge on any atom is 0.287 e. The van der Waals surface area contributed by atoms with E-state index in [1.165, 1.54) is 6.26 Å². The predicted octanol–water partition coefficient (Wildman–Crippen LogP) is 2.78. The zero-order valence-electron chi connectivity index (χ0n) is 14.8. The molecule has 0 aliphatic carbocycles. The van der Waals surface area contributed by atoms with Crippen LogP contribution >= 0.6 is 0 Å². The number of nitrogens with one attached hydrogen (secondary N) is 3. The van der Waals surface area contributed by atoms with Crippen molar-refractivity contribution in [1.29, 1.82) is 0 Å². The van der Waals surface area contributed by atoms with E-state index in [1.807, 2.05) is 45.0 Å². The van der Waals surface area contributed by atoms with Crippen LogP contribution in [0.25, 0.3) is 0 Å². The highest BCUT2D eigenvalue weighted by atomic mass is 16.3. The topological polar surface area (TPSA) is 83.4 Å². The fourth-order valence-electron chi connectivity index (χ4n) is 2.40. The fraction of sp³-hybridized carbons (Fsp3) is 0.368. The lowest BCUT2D eigenvalue weighted by Crippen LogP contribution is -2.47. The normalized spacial score (nSPS) is 12.0. The molecule has 2 amide bonds.